The van der Waals surface area contributed by atoms with E-state index in [1.165, 1.54) is 12.8 Å². The number of unbranched alkanes of at least 4 members (excludes halogenated alkanes) is 4. The van der Waals surface area contributed by atoms with E-state index in [0.29, 0.717) is 6.61 Å². The van der Waals surface area contributed by atoms with Gasteiger partial charge in [-0.3, -0.25) is 0 Å². The number of aliphatic hydroxyl groups is 3. The van der Waals surface area contributed by atoms with Gasteiger partial charge in [-0.2, -0.15) is 0 Å². The number of hydrogen-bond acceptors (Lipinski definition) is 6. The van der Waals surface area contributed by atoms with Crippen LogP contribution in [0.15, 0.2) is 30.3 Å². The zero-order valence-electron chi connectivity index (χ0n) is 15.5. The first-order valence-corrected chi connectivity index (χ1v) is 9.57. The third kappa shape index (κ3) is 6.30. The van der Waals surface area contributed by atoms with Crippen LogP contribution in [-0.4, -0.2) is 59.2 Å². The summed E-state index contributed by atoms with van der Waals surface area (Å²) in [4.78, 5) is 0. The summed E-state index contributed by atoms with van der Waals surface area (Å²) in [6.45, 7) is 2.51. The Labute approximate surface area is 155 Å². The first kappa shape index (κ1) is 21.3. The molecule has 1 fully saturated rings. The normalized spacial score (nSPS) is 29.0. The second-order valence-electron chi connectivity index (χ2n) is 6.75. The minimum atomic E-state index is -1.12. The van der Waals surface area contributed by atoms with Gasteiger partial charge in [0.2, 0.25) is 0 Å². The third-order valence-electron chi connectivity index (χ3n) is 4.64. The molecule has 26 heavy (non-hydrogen) atoms. The molecule has 0 spiro atoms. The summed E-state index contributed by atoms with van der Waals surface area (Å²) in [6.07, 6.45) is 0.603. The highest BCUT2D eigenvalue weighted by Crippen LogP contribution is 2.25. The third-order valence-corrected chi connectivity index (χ3v) is 4.64. The molecule has 6 heteroatoms. The summed E-state index contributed by atoms with van der Waals surface area (Å²) in [7, 11) is 0. The molecule has 148 valence electrons. The minimum Gasteiger partial charge on any atom is -0.394 e. The Kier molecular flexibility index (Phi) is 9.53. The molecule has 6 nitrogen and oxygen atoms in total. The molecular formula is C20H32O6. The molecule has 0 saturated carbocycles. The topological polar surface area (TPSA) is 88.4 Å². The van der Waals surface area contributed by atoms with Crippen LogP contribution in [0.5, 0.6) is 0 Å². The van der Waals surface area contributed by atoms with Gasteiger partial charge in [0.15, 0.2) is 6.29 Å². The molecule has 1 aliphatic heterocycles. The molecule has 3 N–H and O–H groups in total. The molecular weight excluding hydrogens is 336 g/mol. The second kappa shape index (κ2) is 11.6. The maximum Gasteiger partial charge on any atom is 0.187 e. The molecule has 0 radical (unpaired) electrons. The predicted molar refractivity (Wildman–Crippen MR) is 97.5 cm³/mol. The van der Waals surface area contributed by atoms with Crippen molar-refractivity contribution < 1.29 is 29.5 Å². The minimum absolute atomic E-state index is 0.264. The van der Waals surface area contributed by atoms with Crippen LogP contribution in [0, 0.1) is 0 Å². The van der Waals surface area contributed by atoms with Gasteiger partial charge in [0.05, 0.1) is 13.2 Å². The maximum absolute atomic E-state index is 10.5. The van der Waals surface area contributed by atoms with Crippen LogP contribution in [0.25, 0.3) is 0 Å². The number of rotatable bonds is 11. The lowest BCUT2D eigenvalue weighted by Gasteiger charge is -2.41. The Morgan fingerprint density at radius 2 is 1.69 bits per heavy atom. The van der Waals surface area contributed by atoms with Gasteiger partial charge in [-0.1, -0.05) is 62.9 Å². The fourth-order valence-electron chi connectivity index (χ4n) is 3.07. The fraction of sp³-hybridized carbons (Fsp3) is 0.700. The van der Waals surface area contributed by atoms with E-state index in [1.54, 1.807) is 0 Å². The highest BCUT2D eigenvalue weighted by atomic mass is 16.7. The largest absolute Gasteiger partial charge is 0.394 e. The Bertz CT molecular complexity index is 482. The summed E-state index contributed by atoms with van der Waals surface area (Å²) in [5.41, 5.74) is 0.948. The van der Waals surface area contributed by atoms with E-state index in [0.717, 1.165) is 24.8 Å². The van der Waals surface area contributed by atoms with E-state index in [9.17, 15) is 15.3 Å². The van der Waals surface area contributed by atoms with Crippen LogP contribution in [0.2, 0.25) is 0 Å². The summed E-state index contributed by atoms with van der Waals surface area (Å²) in [5, 5.41) is 30.3. The quantitative estimate of drug-likeness (QED) is 0.518. The van der Waals surface area contributed by atoms with Crippen LogP contribution in [0.4, 0.5) is 0 Å². The molecule has 0 aromatic heterocycles. The van der Waals surface area contributed by atoms with Crippen molar-refractivity contribution in [3.05, 3.63) is 35.9 Å². The molecule has 1 saturated heterocycles. The Morgan fingerprint density at radius 3 is 2.38 bits per heavy atom. The summed E-state index contributed by atoms with van der Waals surface area (Å²) in [5.74, 6) is 0. The monoisotopic (exact) mass is 368 g/mol. The molecule has 0 aliphatic carbocycles. The molecule has 1 aromatic carbocycles. The fourth-order valence-corrected chi connectivity index (χ4v) is 3.07. The van der Waals surface area contributed by atoms with Gasteiger partial charge in [0.25, 0.3) is 0 Å². The van der Waals surface area contributed by atoms with Gasteiger partial charge >= 0.3 is 0 Å². The number of ether oxygens (including phenoxy) is 3. The van der Waals surface area contributed by atoms with Gasteiger partial charge in [0, 0.05) is 6.61 Å². The molecule has 1 aromatic rings. The molecule has 0 unspecified atom stereocenters. The van der Waals surface area contributed by atoms with E-state index in [-0.39, 0.29) is 13.2 Å². The van der Waals surface area contributed by atoms with Gasteiger partial charge in [-0.25, -0.2) is 0 Å². The number of benzene rings is 1. The lowest BCUT2D eigenvalue weighted by molar-refractivity contribution is -0.310. The summed E-state index contributed by atoms with van der Waals surface area (Å²) in [6, 6.07) is 9.55. The Hall–Kier alpha value is -1.02. The van der Waals surface area contributed by atoms with Crippen LogP contribution in [0.3, 0.4) is 0 Å². The zero-order valence-corrected chi connectivity index (χ0v) is 15.5. The molecule has 5 atom stereocenters. The van der Waals surface area contributed by atoms with Gasteiger partial charge in [-0.05, 0) is 12.0 Å². The van der Waals surface area contributed by atoms with Crippen LogP contribution in [-0.2, 0) is 20.8 Å². The van der Waals surface area contributed by atoms with Crippen molar-refractivity contribution in [2.75, 3.05) is 13.2 Å². The molecule has 1 heterocycles. The first-order chi connectivity index (χ1) is 12.7. The van der Waals surface area contributed by atoms with E-state index < -0.39 is 30.7 Å². The molecule has 0 bridgehead atoms. The first-order valence-electron chi connectivity index (χ1n) is 9.57. The van der Waals surface area contributed by atoms with Crippen molar-refractivity contribution in [3.63, 3.8) is 0 Å². The van der Waals surface area contributed by atoms with E-state index in [1.807, 2.05) is 30.3 Å². The van der Waals surface area contributed by atoms with Gasteiger partial charge in [0.1, 0.15) is 24.4 Å². The molecule has 2 rings (SSSR count). The highest BCUT2D eigenvalue weighted by molar-refractivity contribution is 5.13. The smallest absolute Gasteiger partial charge is 0.187 e. The highest BCUT2D eigenvalue weighted by Gasteiger charge is 2.45. The lowest BCUT2D eigenvalue weighted by atomic mass is 9.99. The van der Waals surface area contributed by atoms with Crippen LogP contribution < -0.4 is 0 Å². The van der Waals surface area contributed by atoms with Crippen molar-refractivity contribution in [2.45, 2.75) is 76.3 Å². The second-order valence-corrected chi connectivity index (χ2v) is 6.75. The lowest BCUT2D eigenvalue weighted by Crippen LogP contribution is -2.60. The molecule has 1 aliphatic rings. The van der Waals surface area contributed by atoms with Crippen molar-refractivity contribution in [1.29, 1.82) is 0 Å². The SMILES string of the molecule is CCCCCCCO[C@@H]1[C@@H](O)[C@@H](OCc2ccccc2)O[C@H](CO)[C@H]1O. The van der Waals surface area contributed by atoms with Crippen molar-refractivity contribution in [3.8, 4) is 0 Å². The van der Waals surface area contributed by atoms with Crippen molar-refractivity contribution >= 4 is 0 Å². The van der Waals surface area contributed by atoms with Gasteiger partial charge < -0.3 is 29.5 Å². The van der Waals surface area contributed by atoms with Crippen LogP contribution in [0.1, 0.15) is 44.6 Å². The van der Waals surface area contributed by atoms with E-state index in [4.69, 9.17) is 14.2 Å². The maximum atomic E-state index is 10.5. The van der Waals surface area contributed by atoms with Crippen molar-refractivity contribution in [1.82, 2.24) is 0 Å². The summed E-state index contributed by atoms with van der Waals surface area (Å²) >= 11 is 0. The Balaban J connectivity index is 1.86. The van der Waals surface area contributed by atoms with Gasteiger partial charge in [-0.15, -0.1) is 0 Å². The average molecular weight is 368 g/mol. The summed E-state index contributed by atoms with van der Waals surface area (Å²) < 4.78 is 16.9. The Morgan fingerprint density at radius 1 is 0.962 bits per heavy atom. The van der Waals surface area contributed by atoms with Crippen LogP contribution >= 0.6 is 0 Å². The standard InChI is InChI=1S/C20H32O6/c1-2-3-4-5-9-12-24-19-17(22)16(13-21)26-20(18(19)23)25-14-15-10-7-6-8-11-15/h6-8,10-11,16-23H,2-5,9,12-14H2,1H3/t16-,17-,18-,19+,20+/m1/s1. The predicted octanol–water partition coefficient (Wildman–Crippen LogP) is 2.00. The molecule has 0 amide bonds. The van der Waals surface area contributed by atoms with E-state index >= 15 is 0 Å². The van der Waals surface area contributed by atoms with Crippen molar-refractivity contribution in [2.24, 2.45) is 0 Å². The average Bonchev–Trinajstić information content (AvgIpc) is 2.67. The van der Waals surface area contributed by atoms with E-state index in [2.05, 4.69) is 6.92 Å². The zero-order chi connectivity index (χ0) is 18.8. The number of aliphatic hydroxyl groups excluding tert-OH is 3. The number of hydrogen-bond donors (Lipinski definition) is 3.